The van der Waals surface area contributed by atoms with Gasteiger partial charge in [0.25, 0.3) is 0 Å². The van der Waals surface area contributed by atoms with E-state index >= 15 is 0 Å². The molecule has 28 heavy (non-hydrogen) atoms. The van der Waals surface area contributed by atoms with Crippen molar-refractivity contribution in [1.29, 1.82) is 0 Å². The molecule has 0 atom stereocenters. The van der Waals surface area contributed by atoms with E-state index < -0.39 is 10.0 Å². The molecular formula is C18H21ClN6O2S. The lowest BCUT2D eigenvalue weighted by molar-refractivity contribution is 0.460. The van der Waals surface area contributed by atoms with Crippen LogP contribution in [-0.4, -0.2) is 53.3 Å². The van der Waals surface area contributed by atoms with E-state index in [2.05, 4.69) is 24.6 Å². The Balaban J connectivity index is 1.60. The third kappa shape index (κ3) is 3.82. The van der Waals surface area contributed by atoms with Gasteiger partial charge in [-0.3, -0.25) is 0 Å². The largest absolute Gasteiger partial charge is 0.356 e. The number of hydrogen-bond acceptors (Lipinski definition) is 6. The van der Waals surface area contributed by atoms with Crippen LogP contribution in [0.2, 0.25) is 5.02 Å². The molecule has 0 unspecified atom stereocenters. The highest BCUT2D eigenvalue weighted by Gasteiger charge is 2.23. The van der Waals surface area contributed by atoms with Gasteiger partial charge < -0.3 is 9.47 Å². The maximum atomic E-state index is 11.4. The lowest BCUT2D eigenvalue weighted by Gasteiger charge is -2.33. The van der Waals surface area contributed by atoms with Gasteiger partial charge in [-0.05, 0) is 31.0 Å². The van der Waals surface area contributed by atoms with Crippen molar-refractivity contribution < 1.29 is 8.42 Å². The Morgan fingerprint density at radius 2 is 2.00 bits per heavy atom. The van der Waals surface area contributed by atoms with Crippen molar-refractivity contribution in [2.75, 3.05) is 24.2 Å². The predicted octanol–water partition coefficient (Wildman–Crippen LogP) is 2.20. The number of sulfonamides is 1. The van der Waals surface area contributed by atoms with E-state index in [0.717, 1.165) is 41.2 Å². The van der Waals surface area contributed by atoms with E-state index in [1.165, 1.54) is 6.26 Å². The Kier molecular flexibility index (Phi) is 4.98. The number of piperidine rings is 1. The summed E-state index contributed by atoms with van der Waals surface area (Å²) in [4.78, 5) is 15.7. The Morgan fingerprint density at radius 3 is 2.68 bits per heavy atom. The lowest BCUT2D eigenvalue weighted by Crippen LogP contribution is -2.44. The van der Waals surface area contributed by atoms with Gasteiger partial charge in [0.05, 0.1) is 11.3 Å². The minimum absolute atomic E-state index is 0.0380. The molecule has 0 spiro atoms. The molecule has 1 saturated heterocycles. The second-order valence-corrected chi connectivity index (χ2v) is 9.20. The van der Waals surface area contributed by atoms with Gasteiger partial charge in [0.2, 0.25) is 10.0 Å². The first-order chi connectivity index (χ1) is 13.3. The summed E-state index contributed by atoms with van der Waals surface area (Å²) >= 11 is 6.43. The molecule has 0 saturated carbocycles. The normalized spacial score (nSPS) is 16.0. The molecule has 0 aromatic carbocycles. The molecule has 4 rings (SSSR count). The molecule has 4 heterocycles. The molecule has 148 valence electrons. The molecule has 0 bridgehead atoms. The first-order valence-corrected chi connectivity index (χ1v) is 11.2. The fourth-order valence-corrected chi connectivity index (χ4v) is 4.59. The molecule has 0 radical (unpaired) electrons. The monoisotopic (exact) mass is 420 g/mol. The molecule has 1 fully saturated rings. The van der Waals surface area contributed by atoms with Crippen molar-refractivity contribution in [3.8, 4) is 11.4 Å². The molecule has 1 aliphatic heterocycles. The minimum atomic E-state index is -3.19. The van der Waals surface area contributed by atoms with Crippen LogP contribution in [0.25, 0.3) is 22.6 Å². The van der Waals surface area contributed by atoms with Gasteiger partial charge in [-0.2, -0.15) is 0 Å². The van der Waals surface area contributed by atoms with Crippen molar-refractivity contribution in [2.45, 2.75) is 18.9 Å². The quantitative estimate of drug-likeness (QED) is 0.695. The summed E-state index contributed by atoms with van der Waals surface area (Å²) in [5.74, 6) is 1.54. The summed E-state index contributed by atoms with van der Waals surface area (Å²) in [6.07, 6.45) is 6.02. The van der Waals surface area contributed by atoms with E-state index in [9.17, 15) is 8.42 Å². The molecule has 3 aromatic heterocycles. The summed E-state index contributed by atoms with van der Waals surface area (Å²) in [5, 5.41) is 0.524. The molecular weight excluding hydrogens is 400 g/mol. The number of imidazole rings is 1. The van der Waals surface area contributed by atoms with Crippen molar-refractivity contribution in [3.63, 3.8) is 0 Å². The summed E-state index contributed by atoms with van der Waals surface area (Å²) in [5.41, 5.74) is 2.39. The van der Waals surface area contributed by atoms with Crippen LogP contribution >= 0.6 is 11.6 Å². The smallest absolute Gasteiger partial charge is 0.208 e. The number of pyridine rings is 2. The third-order valence-electron chi connectivity index (χ3n) is 4.91. The highest BCUT2D eigenvalue weighted by molar-refractivity contribution is 7.88. The number of halogens is 1. The van der Waals surface area contributed by atoms with Crippen LogP contribution in [0.15, 0.2) is 30.6 Å². The SMILES string of the molecule is Cn1c(-c2cc(N3CCC(NS(C)(=O)=O)CC3)ncc2Cl)nc2cccnc21. The third-order valence-corrected chi connectivity index (χ3v) is 5.97. The first kappa shape index (κ1) is 19.1. The van der Waals surface area contributed by atoms with Crippen molar-refractivity contribution in [1.82, 2.24) is 24.2 Å². The average molecular weight is 421 g/mol. The maximum Gasteiger partial charge on any atom is 0.208 e. The standard InChI is InChI=1S/C18H21ClN6O2S/c1-24-17(22-15-4-3-7-20-18(15)24)13-10-16(21-11-14(13)19)25-8-5-12(6-9-25)23-28(2,26)27/h3-4,7,10-12,23H,5-6,8-9H2,1-2H3. The van der Waals surface area contributed by atoms with Gasteiger partial charge in [0, 0.05) is 44.1 Å². The van der Waals surface area contributed by atoms with Gasteiger partial charge in [-0.1, -0.05) is 11.6 Å². The predicted molar refractivity (Wildman–Crippen MR) is 110 cm³/mol. The van der Waals surface area contributed by atoms with Crippen LogP contribution in [0.5, 0.6) is 0 Å². The zero-order valence-electron chi connectivity index (χ0n) is 15.6. The van der Waals surface area contributed by atoms with Crippen molar-refractivity contribution in [2.24, 2.45) is 7.05 Å². The average Bonchev–Trinajstić information content (AvgIpc) is 2.99. The number of rotatable bonds is 4. The van der Waals surface area contributed by atoms with Crippen molar-refractivity contribution >= 4 is 38.6 Å². The van der Waals surface area contributed by atoms with E-state index in [1.807, 2.05) is 29.8 Å². The van der Waals surface area contributed by atoms with Crippen LogP contribution in [-0.2, 0) is 17.1 Å². The summed E-state index contributed by atoms with van der Waals surface area (Å²) in [7, 11) is -1.28. The first-order valence-electron chi connectivity index (χ1n) is 8.97. The maximum absolute atomic E-state index is 11.4. The number of anilines is 1. The fourth-order valence-electron chi connectivity index (χ4n) is 3.57. The van der Waals surface area contributed by atoms with Crippen LogP contribution in [0.3, 0.4) is 0 Å². The minimum Gasteiger partial charge on any atom is -0.356 e. The topological polar surface area (TPSA) is 93.0 Å². The molecule has 1 aliphatic rings. The Bertz CT molecular complexity index is 1120. The summed E-state index contributed by atoms with van der Waals surface area (Å²) in [6.45, 7) is 1.43. The van der Waals surface area contributed by atoms with Crippen molar-refractivity contribution in [3.05, 3.63) is 35.6 Å². The van der Waals surface area contributed by atoms with Crippen LogP contribution in [0.1, 0.15) is 12.8 Å². The summed E-state index contributed by atoms with van der Waals surface area (Å²) in [6, 6.07) is 5.67. The Hall–Kier alpha value is -2.23. The highest BCUT2D eigenvalue weighted by Crippen LogP contribution is 2.32. The lowest BCUT2D eigenvalue weighted by atomic mass is 10.1. The van der Waals surface area contributed by atoms with Gasteiger partial charge in [-0.25, -0.2) is 28.1 Å². The number of nitrogens with one attached hydrogen (secondary N) is 1. The van der Waals surface area contributed by atoms with Gasteiger partial charge in [-0.15, -0.1) is 0 Å². The molecule has 10 heteroatoms. The molecule has 0 aliphatic carbocycles. The molecule has 1 N–H and O–H groups in total. The Labute approximate surface area is 168 Å². The van der Waals surface area contributed by atoms with E-state index in [4.69, 9.17) is 11.6 Å². The van der Waals surface area contributed by atoms with Crippen LogP contribution in [0, 0.1) is 0 Å². The van der Waals surface area contributed by atoms with Crippen LogP contribution in [0.4, 0.5) is 5.82 Å². The molecule has 3 aromatic rings. The molecule has 0 amide bonds. The number of hydrogen-bond donors (Lipinski definition) is 1. The summed E-state index contributed by atoms with van der Waals surface area (Å²) < 4.78 is 27.5. The van der Waals surface area contributed by atoms with E-state index in [1.54, 1.807) is 12.4 Å². The van der Waals surface area contributed by atoms with E-state index in [0.29, 0.717) is 18.1 Å². The van der Waals surface area contributed by atoms with Gasteiger partial charge >= 0.3 is 0 Å². The highest BCUT2D eigenvalue weighted by atomic mass is 35.5. The number of aromatic nitrogens is 4. The van der Waals surface area contributed by atoms with Gasteiger partial charge in [0.15, 0.2) is 5.65 Å². The number of nitrogens with zero attached hydrogens (tertiary/aromatic N) is 5. The zero-order valence-corrected chi connectivity index (χ0v) is 17.2. The fraction of sp³-hybridized carbons (Fsp3) is 0.389. The second kappa shape index (κ2) is 7.31. The van der Waals surface area contributed by atoms with Crippen LogP contribution < -0.4 is 9.62 Å². The second-order valence-electron chi connectivity index (χ2n) is 7.01. The van der Waals surface area contributed by atoms with Gasteiger partial charge in [0.1, 0.15) is 17.2 Å². The Morgan fingerprint density at radius 1 is 1.25 bits per heavy atom. The zero-order chi connectivity index (χ0) is 19.9. The number of fused-ring (bicyclic) bond motifs is 1. The molecule has 8 nitrogen and oxygen atoms in total. The number of aryl methyl sites for hydroxylation is 1. The van der Waals surface area contributed by atoms with E-state index in [-0.39, 0.29) is 6.04 Å².